The minimum Gasteiger partial charge on any atom is -0.364 e. The molecule has 3 rings (SSSR count). The molecule has 0 bridgehead atoms. The van der Waals surface area contributed by atoms with Crippen molar-refractivity contribution in [1.82, 2.24) is 24.7 Å². The Morgan fingerprint density at radius 2 is 2.15 bits per heavy atom. The molecule has 0 atom stereocenters. The second-order valence-electron chi connectivity index (χ2n) is 5.92. The number of sulfonamides is 1. The van der Waals surface area contributed by atoms with Crippen LogP contribution in [-0.2, 0) is 22.3 Å². The largest absolute Gasteiger partial charge is 0.364 e. The molecule has 0 radical (unpaired) electrons. The average molecular weight is 399 g/mol. The third kappa shape index (κ3) is 4.59. The summed E-state index contributed by atoms with van der Waals surface area (Å²) in [6.45, 7) is 4.56. The predicted molar refractivity (Wildman–Crippen MR) is 99.3 cm³/mol. The summed E-state index contributed by atoms with van der Waals surface area (Å²) in [6.07, 6.45) is 1.38. The maximum Gasteiger partial charge on any atom is 0.220 e. The van der Waals surface area contributed by atoms with Gasteiger partial charge in [-0.15, -0.1) is 11.3 Å². The van der Waals surface area contributed by atoms with Crippen molar-refractivity contribution < 1.29 is 12.9 Å². The summed E-state index contributed by atoms with van der Waals surface area (Å²) >= 11 is 1.61. The number of rotatable bonds is 5. The summed E-state index contributed by atoms with van der Waals surface area (Å²) in [7, 11) is -1.67. The average Bonchev–Trinajstić information content (AvgIpc) is 3.27. The predicted octanol–water partition coefficient (Wildman–Crippen LogP) is 0.663. The first-order valence-electron chi connectivity index (χ1n) is 8.21. The van der Waals surface area contributed by atoms with E-state index in [2.05, 4.69) is 25.3 Å². The lowest BCUT2D eigenvalue weighted by Gasteiger charge is -2.35. The zero-order valence-corrected chi connectivity index (χ0v) is 16.4. The highest BCUT2D eigenvalue weighted by molar-refractivity contribution is 7.88. The molecule has 142 valence electrons. The smallest absolute Gasteiger partial charge is 0.220 e. The summed E-state index contributed by atoms with van der Waals surface area (Å²) < 4.78 is 31.2. The summed E-state index contributed by atoms with van der Waals surface area (Å²) in [5, 5.41) is 9.98. The van der Waals surface area contributed by atoms with Crippen molar-refractivity contribution in [2.45, 2.75) is 19.2 Å². The molecular weight excluding hydrogens is 376 g/mol. The Morgan fingerprint density at radius 1 is 1.38 bits per heavy atom. The molecule has 0 saturated carbocycles. The van der Waals surface area contributed by atoms with Crippen molar-refractivity contribution >= 4 is 27.3 Å². The fourth-order valence-electron chi connectivity index (χ4n) is 2.74. The Bertz CT molecular complexity index is 839. The third-order valence-electron chi connectivity index (χ3n) is 4.03. The van der Waals surface area contributed by atoms with E-state index in [4.69, 9.17) is 4.52 Å². The zero-order valence-electron chi connectivity index (χ0n) is 14.8. The van der Waals surface area contributed by atoms with Crippen molar-refractivity contribution in [3.63, 3.8) is 0 Å². The van der Waals surface area contributed by atoms with E-state index < -0.39 is 10.0 Å². The summed E-state index contributed by atoms with van der Waals surface area (Å²) in [6, 6.07) is 1.57. The molecule has 2 aromatic heterocycles. The van der Waals surface area contributed by atoms with Crippen molar-refractivity contribution in [2.24, 2.45) is 4.99 Å². The van der Waals surface area contributed by atoms with Crippen LogP contribution < -0.4 is 5.32 Å². The van der Waals surface area contributed by atoms with Crippen LogP contribution in [0.25, 0.3) is 0 Å². The Kier molecular flexibility index (Phi) is 5.89. The molecule has 1 aliphatic rings. The number of piperazine rings is 1. The Labute approximate surface area is 156 Å². The van der Waals surface area contributed by atoms with E-state index in [1.54, 1.807) is 24.5 Å². The van der Waals surface area contributed by atoms with Gasteiger partial charge >= 0.3 is 0 Å². The van der Waals surface area contributed by atoms with Gasteiger partial charge in [0.25, 0.3) is 0 Å². The van der Waals surface area contributed by atoms with Gasteiger partial charge in [-0.3, -0.25) is 4.99 Å². The fourth-order valence-corrected chi connectivity index (χ4v) is 4.88. The quantitative estimate of drug-likeness (QED) is 0.583. The van der Waals surface area contributed by atoms with Crippen LogP contribution in [0.15, 0.2) is 27.2 Å². The van der Waals surface area contributed by atoms with E-state index >= 15 is 0 Å². The fraction of sp³-hybridized carbons (Fsp3) is 0.533. The van der Waals surface area contributed by atoms with E-state index in [0.717, 1.165) is 16.7 Å². The second kappa shape index (κ2) is 8.14. The Morgan fingerprint density at radius 3 is 2.73 bits per heavy atom. The van der Waals surface area contributed by atoms with E-state index in [1.165, 1.54) is 10.6 Å². The lowest BCUT2D eigenvalue weighted by atomic mass is 10.4. The number of aliphatic imine (C=N–C) groups is 1. The molecule has 0 unspecified atom stereocenters. The van der Waals surface area contributed by atoms with Gasteiger partial charge < -0.3 is 14.7 Å². The van der Waals surface area contributed by atoms with Gasteiger partial charge in [0.2, 0.25) is 10.0 Å². The number of aryl methyl sites for hydroxylation is 1. The molecule has 1 saturated heterocycles. The van der Waals surface area contributed by atoms with Gasteiger partial charge in [0, 0.05) is 50.4 Å². The van der Waals surface area contributed by atoms with Gasteiger partial charge in [-0.1, -0.05) is 5.16 Å². The topological polar surface area (TPSA) is 104 Å². The lowest BCUT2D eigenvalue weighted by molar-refractivity contribution is 0.259. The second-order valence-corrected chi connectivity index (χ2v) is 8.83. The van der Waals surface area contributed by atoms with E-state index in [1.807, 2.05) is 12.3 Å². The van der Waals surface area contributed by atoms with Crippen LogP contribution in [-0.4, -0.2) is 66.9 Å². The molecule has 11 heteroatoms. The Balaban J connectivity index is 1.53. The van der Waals surface area contributed by atoms with Crippen LogP contribution in [0.5, 0.6) is 0 Å². The summed E-state index contributed by atoms with van der Waals surface area (Å²) in [5.41, 5.74) is 1.43. The molecule has 26 heavy (non-hydrogen) atoms. The lowest BCUT2D eigenvalue weighted by Crippen LogP contribution is -2.53. The van der Waals surface area contributed by atoms with Crippen LogP contribution in [0.1, 0.15) is 16.4 Å². The minimum absolute atomic E-state index is 0.139. The van der Waals surface area contributed by atoms with Crippen LogP contribution in [0.3, 0.4) is 0 Å². The zero-order chi connectivity index (χ0) is 18.6. The molecule has 3 heterocycles. The number of guanidine groups is 1. The molecule has 0 amide bonds. The highest BCUT2D eigenvalue weighted by Gasteiger charge is 2.29. The van der Waals surface area contributed by atoms with Crippen molar-refractivity contribution in [3.8, 4) is 0 Å². The molecular formula is C15H22N6O3S2. The van der Waals surface area contributed by atoms with Crippen LogP contribution in [0.2, 0.25) is 0 Å². The van der Waals surface area contributed by atoms with Gasteiger partial charge in [0.1, 0.15) is 17.0 Å². The van der Waals surface area contributed by atoms with Gasteiger partial charge in [0.05, 0.1) is 12.2 Å². The summed E-state index contributed by atoms with van der Waals surface area (Å²) in [4.78, 5) is 10.8. The number of hydrogen-bond donors (Lipinski definition) is 1. The summed E-state index contributed by atoms with van der Waals surface area (Å²) in [5.74, 6) is 0.617. The van der Waals surface area contributed by atoms with E-state index in [0.29, 0.717) is 38.4 Å². The molecule has 1 fully saturated rings. The number of thiazole rings is 1. The molecule has 0 spiro atoms. The van der Waals surface area contributed by atoms with Gasteiger partial charge in [-0.25, -0.2) is 13.4 Å². The van der Waals surface area contributed by atoms with Crippen LogP contribution >= 0.6 is 11.3 Å². The third-order valence-corrected chi connectivity index (χ3v) is 6.81. The van der Waals surface area contributed by atoms with Crippen molar-refractivity contribution in [2.75, 3.05) is 33.2 Å². The molecule has 9 nitrogen and oxygen atoms in total. The number of nitrogens with zero attached hydrogens (tertiary/aromatic N) is 5. The molecule has 1 N–H and O–H groups in total. The molecule has 1 aliphatic heterocycles. The van der Waals surface area contributed by atoms with Crippen LogP contribution in [0, 0.1) is 6.92 Å². The molecule has 0 aromatic carbocycles. The molecule has 0 aliphatic carbocycles. The number of hydrogen-bond acceptors (Lipinski definition) is 7. The highest BCUT2D eigenvalue weighted by atomic mass is 32.2. The SMILES string of the molecule is CN=C(NCc1nc(C)cs1)N1CCN(S(=O)(=O)Cc2ccon2)CC1. The Hall–Kier alpha value is -1.98. The maximum atomic E-state index is 12.5. The van der Waals surface area contributed by atoms with Crippen molar-refractivity contribution in [3.05, 3.63) is 34.1 Å². The normalized spacial score (nSPS) is 16.8. The van der Waals surface area contributed by atoms with Crippen molar-refractivity contribution in [1.29, 1.82) is 0 Å². The van der Waals surface area contributed by atoms with Gasteiger partial charge in [-0.05, 0) is 6.92 Å². The number of nitrogens with one attached hydrogen (secondary N) is 1. The van der Waals surface area contributed by atoms with Gasteiger partial charge in [-0.2, -0.15) is 4.31 Å². The first kappa shape index (κ1) is 18.8. The first-order valence-corrected chi connectivity index (χ1v) is 10.7. The van der Waals surface area contributed by atoms with Gasteiger partial charge in [0.15, 0.2) is 5.96 Å². The monoisotopic (exact) mass is 398 g/mol. The van der Waals surface area contributed by atoms with E-state index in [9.17, 15) is 8.42 Å². The first-order chi connectivity index (χ1) is 12.5. The molecule has 2 aromatic rings. The van der Waals surface area contributed by atoms with Crippen LogP contribution in [0.4, 0.5) is 0 Å². The standard InChI is InChI=1S/C15H22N6O3S2/c1-12-10-25-14(18-12)9-17-15(16-2)20-4-6-21(7-5-20)26(22,23)11-13-3-8-24-19-13/h3,8,10H,4-7,9,11H2,1-2H3,(H,16,17). The minimum atomic E-state index is -3.40. The van der Waals surface area contributed by atoms with E-state index in [-0.39, 0.29) is 5.75 Å². The maximum absolute atomic E-state index is 12.5. The number of aromatic nitrogens is 2. The highest BCUT2D eigenvalue weighted by Crippen LogP contribution is 2.13.